The summed E-state index contributed by atoms with van der Waals surface area (Å²) in [6.45, 7) is 1.40. The molecule has 0 radical (unpaired) electrons. The van der Waals surface area contributed by atoms with Crippen LogP contribution in [-0.2, 0) is 4.65 Å². The topological polar surface area (TPSA) is 68.2 Å². The fourth-order valence-electron chi connectivity index (χ4n) is 1.69. The Morgan fingerprint density at radius 2 is 2.39 bits per heavy atom. The Bertz CT molecular complexity index is 332. The van der Waals surface area contributed by atoms with Crippen molar-refractivity contribution in [2.75, 3.05) is 20.2 Å². The first kappa shape index (κ1) is 14.7. The van der Waals surface area contributed by atoms with Crippen molar-refractivity contribution in [3.8, 4) is 0 Å². The van der Waals surface area contributed by atoms with Gasteiger partial charge in [0, 0.05) is 31.6 Å². The van der Waals surface area contributed by atoms with Gasteiger partial charge in [0.05, 0.1) is 0 Å². The smallest absolute Gasteiger partial charge is 0.326 e. The molecule has 0 saturated heterocycles. The van der Waals surface area contributed by atoms with Crippen molar-refractivity contribution in [1.82, 2.24) is 20.2 Å². The van der Waals surface area contributed by atoms with E-state index in [0.717, 1.165) is 25.9 Å². The highest BCUT2D eigenvalue weighted by molar-refractivity contribution is 5.97. The van der Waals surface area contributed by atoms with Crippen LogP contribution < -0.4 is 10.6 Å². The molecule has 0 spiro atoms. The maximum Gasteiger partial charge on any atom is 0.326 e. The fraction of sp³-hybridized carbons (Fsp3) is 0.636. The normalized spacial score (nSPS) is 12.3. The van der Waals surface area contributed by atoms with Crippen LogP contribution in [0, 0.1) is 0 Å². The number of nitrogens with zero attached hydrogens (tertiary/aromatic N) is 2. The molecule has 0 fully saturated rings. The van der Waals surface area contributed by atoms with Crippen LogP contribution in [0.2, 0.25) is 0 Å². The quantitative estimate of drug-likeness (QED) is 0.495. The molecule has 1 rings (SSSR count). The predicted octanol–water partition coefficient (Wildman–Crippen LogP) is -0.236. The number of likely N-dealkylation sites (N-methyl/N-ethyl adjacent to an activating group) is 1. The molecule has 0 aliphatic carbocycles. The zero-order chi connectivity index (χ0) is 13.2. The average Bonchev–Trinajstić information content (AvgIpc) is 2.90. The molecule has 1 heterocycles. The summed E-state index contributed by atoms with van der Waals surface area (Å²) < 4.78 is 6.53. The van der Waals surface area contributed by atoms with Crippen LogP contribution in [0.5, 0.6) is 0 Å². The fourth-order valence-corrected chi connectivity index (χ4v) is 1.69. The molecule has 0 saturated carbocycles. The number of hydrogen-bond acceptors (Lipinski definition) is 4. The average molecular weight is 252 g/mol. The van der Waals surface area contributed by atoms with Crippen molar-refractivity contribution in [2.24, 2.45) is 0 Å². The Morgan fingerprint density at radius 1 is 1.56 bits per heavy atom. The van der Waals surface area contributed by atoms with Crippen molar-refractivity contribution < 1.29 is 9.45 Å². The van der Waals surface area contributed by atoms with E-state index in [1.807, 2.05) is 7.05 Å². The van der Waals surface area contributed by atoms with Crippen LogP contribution in [0.4, 0.5) is 4.79 Å². The van der Waals surface area contributed by atoms with E-state index >= 15 is 0 Å². The van der Waals surface area contributed by atoms with E-state index in [1.165, 1.54) is 10.9 Å². The Kier molecular flexibility index (Phi) is 7.13. The number of rotatable bonds is 8. The molecule has 1 atom stereocenters. The Hall–Kier alpha value is -1.34. The van der Waals surface area contributed by atoms with E-state index < -0.39 is 0 Å². The molecular weight excluding hydrogens is 231 g/mol. The Morgan fingerprint density at radius 3 is 3.00 bits per heavy atom. The first-order valence-electron chi connectivity index (χ1n) is 6.20. The van der Waals surface area contributed by atoms with E-state index in [9.17, 15) is 4.79 Å². The van der Waals surface area contributed by atoms with Crippen LogP contribution in [0.25, 0.3) is 0 Å². The maximum atomic E-state index is 11.5. The molecule has 0 bridgehead atoms. The SMILES string of the molecule is BOCC(CCCCNC(=O)n1ccnc1)NC. The van der Waals surface area contributed by atoms with Crippen molar-refractivity contribution in [1.29, 1.82) is 0 Å². The maximum absolute atomic E-state index is 11.5. The van der Waals surface area contributed by atoms with Crippen LogP contribution >= 0.6 is 0 Å². The Labute approximate surface area is 109 Å². The summed E-state index contributed by atoms with van der Waals surface area (Å²) in [6.07, 6.45) is 7.77. The number of imidazole rings is 1. The minimum atomic E-state index is -0.130. The summed E-state index contributed by atoms with van der Waals surface area (Å²) >= 11 is 0. The number of carbonyl (C=O) groups is 1. The predicted molar refractivity (Wildman–Crippen MR) is 72.2 cm³/mol. The lowest BCUT2D eigenvalue weighted by Gasteiger charge is -2.15. The summed E-state index contributed by atoms with van der Waals surface area (Å²) in [4.78, 5) is 15.4. The number of hydrogen-bond donors (Lipinski definition) is 2. The van der Waals surface area contributed by atoms with Gasteiger partial charge in [-0.25, -0.2) is 9.78 Å². The van der Waals surface area contributed by atoms with Gasteiger partial charge in [0.2, 0.25) is 0 Å². The van der Waals surface area contributed by atoms with E-state index in [-0.39, 0.29) is 6.03 Å². The molecule has 7 heteroatoms. The highest BCUT2D eigenvalue weighted by atomic mass is 16.4. The van der Waals surface area contributed by atoms with Crippen LogP contribution in [-0.4, -0.2) is 49.9 Å². The monoisotopic (exact) mass is 252 g/mol. The lowest BCUT2D eigenvalue weighted by atomic mass is 10.1. The van der Waals surface area contributed by atoms with Gasteiger partial charge in [0.25, 0.3) is 8.05 Å². The van der Waals surface area contributed by atoms with Crippen molar-refractivity contribution in [3.63, 3.8) is 0 Å². The summed E-state index contributed by atoms with van der Waals surface area (Å²) in [7, 11) is 3.64. The van der Waals surface area contributed by atoms with E-state index in [1.54, 1.807) is 20.4 Å². The molecule has 1 amide bonds. The molecule has 0 aromatic carbocycles. The number of amides is 1. The molecule has 1 unspecified atom stereocenters. The van der Waals surface area contributed by atoms with E-state index in [4.69, 9.17) is 4.65 Å². The third-order valence-electron chi connectivity index (χ3n) is 2.77. The van der Waals surface area contributed by atoms with Crippen molar-refractivity contribution >= 4 is 14.1 Å². The zero-order valence-electron chi connectivity index (χ0n) is 11.1. The zero-order valence-corrected chi connectivity index (χ0v) is 11.1. The second-order valence-electron chi connectivity index (χ2n) is 4.14. The molecule has 2 N–H and O–H groups in total. The molecule has 1 aromatic rings. The molecule has 0 aliphatic rings. The first-order valence-corrected chi connectivity index (χ1v) is 6.20. The highest BCUT2D eigenvalue weighted by Gasteiger charge is 2.05. The summed E-state index contributed by atoms with van der Waals surface area (Å²) in [5.74, 6) is 0. The van der Waals surface area contributed by atoms with Crippen molar-refractivity contribution in [3.05, 3.63) is 18.7 Å². The third kappa shape index (κ3) is 5.33. The number of carbonyl (C=O) groups excluding carboxylic acids is 1. The molecule has 100 valence electrons. The molecular formula is C11H21BN4O2. The second kappa shape index (κ2) is 8.71. The first-order chi connectivity index (χ1) is 8.77. The summed E-state index contributed by atoms with van der Waals surface area (Å²) in [5, 5.41) is 6.04. The van der Waals surface area contributed by atoms with Gasteiger partial charge in [-0.05, 0) is 19.9 Å². The van der Waals surface area contributed by atoms with Gasteiger partial charge in [0.15, 0.2) is 0 Å². The van der Waals surface area contributed by atoms with Crippen LogP contribution in [0.3, 0.4) is 0 Å². The van der Waals surface area contributed by atoms with Crippen LogP contribution in [0.15, 0.2) is 18.7 Å². The van der Waals surface area contributed by atoms with Crippen LogP contribution in [0.1, 0.15) is 19.3 Å². The van der Waals surface area contributed by atoms with Gasteiger partial charge in [0.1, 0.15) is 6.33 Å². The van der Waals surface area contributed by atoms with Gasteiger partial charge in [-0.2, -0.15) is 0 Å². The van der Waals surface area contributed by atoms with E-state index in [2.05, 4.69) is 15.6 Å². The third-order valence-corrected chi connectivity index (χ3v) is 2.77. The highest BCUT2D eigenvalue weighted by Crippen LogP contribution is 2.00. The van der Waals surface area contributed by atoms with Gasteiger partial charge in [-0.1, -0.05) is 6.42 Å². The minimum Gasteiger partial charge on any atom is -0.442 e. The minimum absolute atomic E-state index is 0.130. The van der Waals surface area contributed by atoms with Gasteiger partial charge >= 0.3 is 6.03 Å². The number of unbranched alkanes of at least 4 members (excludes halogenated alkanes) is 1. The van der Waals surface area contributed by atoms with E-state index in [0.29, 0.717) is 12.6 Å². The molecule has 6 nitrogen and oxygen atoms in total. The second-order valence-corrected chi connectivity index (χ2v) is 4.14. The van der Waals surface area contributed by atoms with Crippen molar-refractivity contribution in [2.45, 2.75) is 25.3 Å². The molecule has 0 aliphatic heterocycles. The number of aromatic nitrogens is 2. The lowest BCUT2D eigenvalue weighted by Crippen LogP contribution is -2.31. The van der Waals surface area contributed by atoms with Gasteiger partial charge in [-0.3, -0.25) is 4.57 Å². The van der Waals surface area contributed by atoms with Gasteiger partial charge in [-0.15, -0.1) is 0 Å². The summed E-state index contributed by atoms with van der Waals surface area (Å²) in [6, 6.07) is 0.258. The standard InChI is InChI=1S/C11H21BN4O2/c1-13-10(8-18-12)4-2-3-5-15-11(17)16-7-6-14-9-16/h6-7,9-10,13H,2-5,8,12H2,1H3,(H,15,17). The molecule has 1 aromatic heterocycles. The van der Waals surface area contributed by atoms with Gasteiger partial charge < -0.3 is 15.3 Å². The Balaban J connectivity index is 2.06. The lowest BCUT2D eigenvalue weighted by molar-refractivity contribution is 0.241. The molecule has 18 heavy (non-hydrogen) atoms. The number of nitrogens with one attached hydrogen (secondary N) is 2. The summed E-state index contributed by atoms with van der Waals surface area (Å²) in [5.41, 5.74) is 0. The largest absolute Gasteiger partial charge is 0.442 e.